The minimum absolute atomic E-state index is 0.198. The minimum atomic E-state index is -0.839. The summed E-state index contributed by atoms with van der Waals surface area (Å²) in [5.74, 6) is -1.57. The quantitative estimate of drug-likeness (QED) is 0.716. The standard InChI is InChI=1S/C19H22FN3O5/c1-11(2)18(19(26)28-4)21-16(24)10-23-17(25)8-7-14(22-23)13-6-5-12(20)9-15(13)27-3/h5-9,11,18H,10H2,1-4H3,(H,21,24). The van der Waals surface area contributed by atoms with Crippen LogP contribution in [0.4, 0.5) is 4.39 Å². The molecule has 1 N–H and O–H groups in total. The number of nitrogens with zero attached hydrogens (tertiary/aromatic N) is 2. The van der Waals surface area contributed by atoms with Crippen LogP contribution in [0.5, 0.6) is 5.75 Å². The number of carbonyl (C=O) groups excluding carboxylic acids is 2. The monoisotopic (exact) mass is 391 g/mol. The van der Waals surface area contributed by atoms with Crippen LogP contribution in [0, 0.1) is 11.7 Å². The highest BCUT2D eigenvalue weighted by Crippen LogP contribution is 2.28. The average molecular weight is 391 g/mol. The number of hydrogen-bond donors (Lipinski definition) is 1. The second kappa shape index (κ2) is 9.12. The topological polar surface area (TPSA) is 99.5 Å². The van der Waals surface area contributed by atoms with E-state index in [0.717, 1.165) is 4.68 Å². The highest BCUT2D eigenvalue weighted by molar-refractivity contribution is 5.84. The van der Waals surface area contributed by atoms with E-state index >= 15 is 0 Å². The fraction of sp³-hybridized carbons (Fsp3) is 0.368. The molecule has 0 bridgehead atoms. The summed E-state index contributed by atoms with van der Waals surface area (Å²) in [5.41, 5.74) is 0.296. The van der Waals surface area contributed by atoms with Gasteiger partial charge in [0, 0.05) is 17.7 Å². The maximum atomic E-state index is 13.4. The summed E-state index contributed by atoms with van der Waals surface area (Å²) in [5, 5.41) is 6.71. The predicted octanol–water partition coefficient (Wildman–Crippen LogP) is 1.37. The van der Waals surface area contributed by atoms with Crippen LogP contribution < -0.4 is 15.6 Å². The van der Waals surface area contributed by atoms with Crippen LogP contribution in [0.25, 0.3) is 11.3 Å². The van der Waals surface area contributed by atoms with Gasteiger partial charge in [-0.25, -0.2) is 13.9 Å². The van der Waals surface area contributed by atoms with Gasteiger partial charge < -0.3 is 14.8 Å². The first-order valence-corrected chi connectivity index (χ1v) is 8.56. The lowest BCUT2D eigenvalue weighted by atomic mass is 10.0. The third-order valence-electron chi connectivity index (χ3n) is 4.04. The van der Waals surface area contributed by atoms with Crippen molar-refractivity contribution in [3.8, 4) is 17.0 Å². The van der Waals surface area contributed by atoms with Crippen molar-refractivity contribution in [1.82, 2.24) is 15.1 Å². The summed E-state index contributed by atoms with van der Waals surface area (Å²) in [4.78, 5) is 36.2. The zero-order valence-corrected chi connectivity index (χ0v) is 16.1. The molecule has 1 aromatic heterocycles. The molecule has 1 aromatic carbocycles. The van der Waals surface area contributed by atoms with Crippen molar-refractivity contribution in [3.63, 3.8) is 0 Å². The molecule has 1 unspecified atom stereocenters. The molecule has 1 atom stereocenters. The number of amides is 1. The smallest absolute Gasteiger partial charge is 0.328 e. The lowest BCUT2D eigenvalue weighted by Crippen LogP contribution is -2.47. The van der Waals surface area contributed by atoms with E-state index in [1.165, 1.54) is 44.6 Å². The average Bonchev–Trinajstić information content (AvgIpc) is 2.67. The molecule has 150 valence electrons. The number of hydrogen-bond acceptors (Lipinski definition) is 6. The second-order valence-corrected chi connectivity index (χ2v) is 6.37. The number of aromatic nitrogens is 2. The molecule has 0 radical (unpaired) electrons. The van der Waals surface area contributed by atoms with Gasteiger partial charge in [-0.1, -0.05) is 13.8 Å². The summed E-state index contributed by atoms with van der Waals surface area (Å²) in [6.45, 7) is 3.12. The van der Waals surface area contributed by atoms with Gasteiger partial charge in [0.2, 0.25) is 5.91 Å². The Bertz CT molecular complexity index is 926. The zero-order chi connectivity index (χ0) is 20.8. The van der Waals surface area contributed by atoms with Crippen molar-refractivity contribution >= 4 is 11.9 Å². The van der Waals surface area contributed by atoms with Crippen molar-refractivity contribution in [1.29, 1.82) is 0 Å². The van der Waals surface area contributed by atoms with Gasteiger partial charge in [0.15, 0.2) is 0 Å². The normalized spacial score (nSPS) is 11.8. The van der Waals surface area contributed by atoms with Gasteiger partial charge in [-0.05, 0) is 24.1 Å². The van der Waals surface area contributed by atoms with Crippen molar-refractivity contribution < 1.29 is 23.5 Å². The molecule has 0 fully saturated rings. The molecule has 2 rings (SSSR count). The molecule has 0 spiro atoms. The molecular weight excluding hydrogens is 369 g/mol. The molecule has 0 aliphatic carbocycles. The summed E-state index contributed by atoms with van der Waals surface area (Å²) in [7, 11) is 2.62. The molecular formula is C19H22FN3O5. The van der Waals surface area contributed by atoms with Gasteiger partial charge in [-0.3, -0.25) is 9.59 Å². The van der Waals surface area contributed by atoms with E-state index in [1.807, 2.05) is 0 Å². The largest absolute Gasteiger partial charge is 0.496 e. The Morgan fingerprint density at radius 3 is 2.54 bits per heavy atom. The van der Waals surface area contributed by atoms with Crippen LogP contribution in [0.2, 0.25) is 0 Å². The Labute approximate surface area is 161 Å². The molecule has 8 nitrogen and oxygen atoms in total. The molecule has 0 saturated carbocycles. The first kappa shape index (κ1) is 21.1. The Kier molecular flexibility index (Phi) is 6.86. The van der Waals surface area contributed by atoms with Crippen LogP contribution in [0.15, 0.2) is 35.1 Å². The van der Waals surface area contributed by atoms with E-state index in [-0.39, 0.29) is 11.7 Å². The number of carbonyl (C=O) groups is 2. The van der Waals surface area contributed by atoms with E-state index in [9.17, 15) is 18.8 Å². The molecule has 9 heteroatoms. The summed E-state index contributed by atoms with van der Waals surface area (Å²) in [6, 6.07) is 5.77. The number of benzene rings is 1. The molecule has 1 heterocycles. The Balaban J connectivity index is 2.28. The highest BCUT2D eigenvalue weighted by atomic mass is 19.1. The van der Waals surface area contributed by atoms with E-state index < -0.39 is 35.8 Å². The van der Waals surface area contributed by atoms with E-state index in [0.29, 0.717) is 11.3 Å². The van der Waals surface area contributed by atoms with Gasteiger partial charge in [0.25, 0.3) is 5.56 Å². The molecule has 2 aromatic rings. The minimum Gasteiger partial charge on any atom is -0.496 e. The fourth-order valence-electron chi connectivity index (χ4n) is 2.56. The summed E-state index contributed by atoms with van der Waals surface area (Å²) in [6.07, 6.45) is 0. The molecule has 0 saturated heterocycles. The Morgan fingerprint density at radius 2 is 1.93 bits per heavy atom. The lowest BCUT2D eigenvalue weighted by Gasteiger charge is -2.20. The number of rotatable bonds is 7. The number of halogens is 1. The van der Waals surface area contributed by atoms with Crippen molar-refractivity contribution in [2.75, 3.05) is 14.2 Å². The maximum absolute atomic E-state index is 13.4. The van der Waals surface area contributed by atoms with E-state index in [4.69, 9.17) is 4.74 Å². The van der Waals surface area contributed by atoms with E-state index in [2.05, 4.69) is 15.2 Å². The second-order valence-electron chi connectivity index (χ2n) is 6.37. The lowest BCUT2D eigenvalue weighted by molar-refractivity contribution is -0.146. The maximum Gasteiger partial charge on any atom is 0.328 e. The predicted molar refractivity (Wildman–Crippen MR) is 99.2 cm³/mol. The van der Waals surface area contributed by atoms with Gasteiger partial charge in [0.05, 0.1) is 19.9 Å². The zero-order valence-electron chi connectivity index (χ0n) is 16.1. The summed E-state index contributed by atoms with van der Waals surface area (Å²) < 4.78 is 24.2. The van der Waals surface area contributed by atoms with Crippen molar-refractivity contribution in [3.05, 3.63) is 46.5 Å². The molecule has 0 aliphatic heterocycles. The SMILES string of the molecule is COC(=O)C(NC(=O)Cn1nc(-c2ccc(F)cc2OC)ccc1=O)C(C)C. The fourth-order valence-corrected chi connectivity index (χ4v) is 2.56. The van der Waals surface area contributed by atoms with Gasteiger partial charge in [0.1, 0.15) is 24.2 Å². The highest BCUT2D eigenvalue weighted by Gasteiger charge is 2.25. The number of nitrogens with one attached hydrogen (secondary N) is 1. The number of methoxy groups -OCH3 is 2. The van der Waals surface area contributed by atoms with Gasteiger partial charge in [-0.2, -0.15) is 5.10 Å². The third-order valence-corrected chi connectivity index (χ3v) is 4.04. The van der Waals surface area contributed by atoms with Crippen LogP contribution in [-0.2, 0) is 20.9 Å². The van der Waals surface area contributed by atoms with Gasteiger partial charge >= 0.3 is 5.97 Å². The molecule has 0 aliphatic rings. The first-order chi connectivity index (χ1) is 13.3. The van der Waals surface area contributed by atoms with Crippen LogP contribution in [0.3, 0.4) is 0 Å². The number of ether oxygens (including phenoxy) is 2. The van der Waals surface area contributed by atoms with Crippen LogP contribution >= 0.6 is 0 Å². The Hall–Kier alpha value is -3.23. The van der Waals surface area contributed by atoms with Crippen molar-refractivity contribution in [2.45, 2.75) is 26.4 Å². The number of esters is 1. The van der Waals surface area contributed by atoms with E-state index in [1.54, 1.807) is 13.8 Å². The van der Waals surface area contributed by atoms with Crippen LogP contribution in [-0.4, -0.2) is 41.9 Å². The molecule has 28 heavy (non-hydrogen) atoms. The van der Waals surface area contributed by atoms with Crippen LogP contribution in [0.1, 0.15) is 13.8 Å². The molecule has 1 amide bonds. The Morgan fingerprint density at radius 1 is 1.21 bits per heavy atom. The van der Waals surface area contributed by atoms with Gasteiger partial charge in [-0.15, -0.1) is 0 Å². The first-order valence-electron chi connectivity index (χ1n) is 8.56. The third kappa shape index (κ3) is 4.93. The van der Waals surface area contributed by atoms with Crippen molar-refractivity contribution in [2.24, 2.45) is 5.92 Å². The summed E-state index contributed by atoms with van der Waals surface area (Å²) >= 11 is 0.